The quantitative estimate of drug-likeness (QED) is 0.630. The highest BCUT2D eigenvalue weighted by atomic mass is 14.1. The monoisotopic (exact) mass is 161 g/mol. The van der Waals surface area contributed by atoms with Crippen molar-refractivity contribution in [2.75, 3.05) is 0 Å². The molecule has 1 aromatic carbocycles. The molecule has 0 saturated heterocycles. The molecular weight excluding hydrogens is 144 g/mol. The highest BCUT2D eigenvalue weighted by Gasteiger charge is 2.06. The van der Waals surface area contributed by atoms with Gasteiger partial charge in [-0.2, -0.15) is 0 Å². The second-order valence-electron chi connectivity index (χ2n) is 3.16. The van der Waals surface area contributed by atoms with Crippen molar-refractivity contribution >= 4 is 0 Å². The van der Waals surface area contributed by atoms with Crippen LogP contribution in [0, 0.1) is 6.92 Å². The van der Waals surface area contributed by atoms with Crippen molar-refractivity contribution in [3.63, 3.8) is 0 Å². The Kier molecular flexibility index (Phi) is 3.86. The van der Waals surface area contributed by atoms with Gasteiger partial charge in [-0.25, -0.2) is 0 Å². The van der Waals surface area contributed by atoms with E-state index >= 15 is 0 Å². The fourth-order valence-corrected chi connectivity index (χ4v) is 1.58. The van der Waals surface area contributed by atoms with Crippen molar-refractivity contribution in [2.45, 2.75) is 32.1 Å². The minimum absolute atomic E-state index is 0.712. The largest absolute Gasteiger partial charge is 0.0648 e. The summed E-state index contributed by atoms with van der Waals surface area (Å²) in [5.41, 5.74) is 1.46. The first kappa shape index (κ1) is 9.31. The molecule has 0 N–H and O–H groups in total. The molecular formula is C12H17. The summed E-state index contributed by atoms with van der Waals surface area (Å²) in [7, 11) is 0. The zero-order valence-electron chi connectivity index (χ0n) is 7.79. The summed E-state index contributed by atoms with van der Waals surface area (Å²) in [5, 5.41) is 0. The zero-order chi connectivity index (χ0) is 8.81. The van der Waals surface area contributed by atoms with Crippen LogP contribution in [0.4, 0.5) is 0 Å². The molecule has 1 rings (SSSR count). The molecule has 1 radical (unpaired) electrons. The molecule has 0 spiro atoms. The lowest BCUT2D eigenvalue weighted by atomic mass is 9.92. The van der Waals surface area contributed by atoms with E-state index in [1.54, 1.807) is 0 Å². The van der Waals surface area contributed by atoms with Crippen LogP contribution in [-0.2, 0) is 0 Å². The van der Waals surface area contributed by atoms with Crippen LogP contribution in [0.1, 0.15) is 37.7 Å². The summed E-state index contributed by atoms with van der Waals surface area (Å²) in [6.45, 7) is 6.14. The first-order valence-corrected chi connectivity index (χ1v) is 4.72. The van der Waals surface area contributed by atoms with E-state index in [-0.39, 0.29) is 0 Å². The average molecular weight is 161 g/mol. The SMILES string of the molecule is [CH2]CCC(CC)c1ccccc1. The van der Waals surface area contributed by atoms with E-state index in [1.807, 2.05) is 0 Å². The van der Waals surface area contributed by atoms with Crippen molar-refractivity contribution < 1.29 is 0 Å². The van der Waals surface area contributed by atoms with E-state index in [0.29, 0.717) is 5.92 Å². The molecule has 0 heterocycles. The maximum Gasteiger partial charge on any atom is -0.0165 e. The minimum atomic E-state index is 0.712. The van der Waals surface area contributed by atoms with Crippen LogP contribution in [0.2, 0.25) is 0 Å². The van der Waals surface area contributed by atoms with Gasteiger partial charge in [0.1, 0.15) is 0 Å². The van der Waals surface area contributed by atoms with Gasteiger partial charge in [0.2, 0.25) is 0 Å². The third-order valence-corrected chi connectivity index (χ3v) is 2.32. The molecule has 0 heteroatoms. The van der Waals surface area contributed by atoms with E-state index in [0.717, 1.165) is 6.42 Å². The van der Waals surface area contributed by atoms with Crippen molar-refractivity contribution in [2.24, 2.45) is 0 Å². The third kappa shape index (κ3) is 2.37. The van der Waals surface area contributed by atoms with Gasteiger partial charge in [0, 0.05) is 0 Å². The molecule has 0 aliphatic rings. The lowest BCUT2D eigenvalue weighted by molar-refractivity contribution is 0.612. The van der Waals surface area contributed by atoms with Gasteiger partial charge in [0.15, 0.2) is 0 Å². The Hall–Kier alpha value is -0.780. The summed E-state index contributed by atoms with van der Waals surface area (Å²) in [5.74, 6) is 0.712. The van der Waals surface area contributed by atoms with Crippen molar-refractivity contribution in [3.8, 4) is 0 Å². The van der Waals surface area contributed by atoms with Crippen LogP contribution < -0.4 is 0 Å². The Morgan fingerprint density at radius 3 is 2.42 bits per heavy atom. The van der Waals surface area contributed by atoms with Gasteiger partial charge in [-0.1, -0.05) is 50.6 Å². The standard InChI is InChI=1S/C12H17/c1-3-8-11(4-2)12-9-6-5-7-10-12/h5-7,9-11H,1,3-4,8H2,2H3. The highest BCUT2D eigenvalue weighted by molar-refractivity contribution is 5.19. The van der Waals surface area contributed by atoms with Crippen LogP contribution in [0.25, 0.3) is 0 Å². The molecule has 0 aliphatic heterocycles. The molecule has 1 atom stereocenters. The lowest BCUT2D eigenvalue weighted by Gasteiger charge is -2.13. The highest BCUT2D eigenvalue weighted by Crippen LogP contribution is 2.23. The van der Waals surface area contributed by atoms with Crippen LogP contribution >= 0.6 is 0 Å². The minimum Gasteiger partial charge on any atom is -0.0648 e. The van der Waals surface area contributed by atoms with E-state index in [1.165, 1.54) is 18.4 Å². The van der Waals surface area contributed by atoms with Gasteiger partial charge in [-0.15, -0.1) is 0 Å². The lowest BCUT2D eigenvalue weighted by Crippen LogP contribution is -1.95. The van der Waals surface area contributed by atoms with E-state index in [4.69, 9.17) is 0 Å². The van der Waals surface area contributed by atoms with E-state index in [9.17, 15) is 0 Å². The number of hydrogen-bond donors (Lipinski definition) is 0. The maximum atomic E-state index is 3.90. The molecule has 0 nitrogen and oxygen atoms in total. The molecule has 0 aromatic heterocycles. The number of hydrogen-bond acceptors (Lipinski definition) is 0. The second-order valence-corrected chi connectivity index (χ2v) is 3.16. The van der Waals surface area contributed by atoms with E-state index < -0.39 is 0 Å². The molecule has 0 aliphatic carbocycles. The molecule has 0 saturated carbocycles. The topological polar surface area (TPSA) is 0 Å². The molecule has 0 fully saturated rings. The fraction of sp³-hybridized carbons (Fsp3) is 0.417. The summed E-state index contributed by atoms with van der Waals surface area (Å²) in [6, 6.07) is 10.7. The molecule has 1 unspecified atom stereocenters. The van der Waals surface area contributed by atoms with Gasteiger partial charge >= 0.3 is 0 Å². The third-order valence-electron chi connectivity index (χ3n) is 2.32. The number of benzene rings is 1. The normalized spacial score (nSPS) is 12.8. The Bertz CT molecular complexity index is 201. The second kappa shape index (κ2) is 4.97. The molecule has 0 amide bonds. The van der Waals surface area contributed by atoms with Crippen molar-refractivity contribution in [3.05, 3.63) is 42.8 Å². The Morgan fingerprint density at radius 1 is 1.25 bits per heavy atom. The van der Waals surface area contributed by atoms with E-state index in [2.05, 4.69) is 44.2 Å². The first-order chi connectivity index (χ1) is 5.88. The Labute approximate surface area is 75.6 Å². The predicted molar refractivity (Wildman–Crippen MR) is 54.1 cm³/mol. The Morgan fingerprint density at radius 2 is 1.92 bits per heavy atom. The van der Waals surface area contributed by atoms with Crippen LogP contribution in [-0.4, -0.2) is 0 Å². The van der Waals surface area contributed by atoms with Crippen molar-refractivity contribution in [1.82, 2.24) is 0 Å². The van der Waals surface area contributed by atoms with Crippen LogP contribution in [0.15, 0.2) is 30.3 Å². The molecule has 1 aromatic rings. The summed E-state index contributed by atoms with van der Waals surface area (Å²) >= 11 is 0. The van der Waals surface area contributed by atoms with Gasteiger partial charge in [-0.3, -0.25) is 0 Å². The summed E-state index contributed by atoms with van der Waals surface area (Å²) in [4.78, 5) is 0. The average Bonchev–Trinajstić information content (AvgIpc) is 2.15. The fourth-order valence-electron chi connectivity index (χ4n) is 1.58. The summed E-state index contributed by atoms with van der Waals surface area (Å²) in [6.07, 6.45) is 3.47. The van der Waals surface area contributed by atoms with Crippen LogP contribution in [0.3, 0.4) is 0 Å². The van der Waals surface area contributed by atoms with Gasteiger partial charge in [0.05, 0.1) is 0 Å². The number of rotatable bonds is 4. The molecule has 0 bridgehead atoms. The maximum absolute atomic E-state index is 3.90. The van der Waals surface area contributed by atoms with Gasteiger partial charge < -0.3 is 0 Å². The van der Waals surface area contributed by atoms with Crippen molar-refractivity contribution in [1.29, 1.82) is 0 Å². The van der Waals surface area contributed by atoms with Gasteiger partial charge in [-0.05, 0) is 24.3 Å². The molecule has 12 heavy (non-hydrogen) atoms. The smallest absolute Gasteiger partial charge is 0.0165 e. The Balaban J connectivity index is 2.66. The summed E-state index contributed by atoms with van der Waals surface area (Å²) < 4.78 is 0. The first-order valence-electron chi connectivity index (χ1n) is 4.72. The zero-order valence-corrected chi connectivity index (χ0v) is 7.79. The van der Waals surface area contributed by atoms with Gasteiger partial charge in [0.25, 0.3) is 0 Å². The predicted octanol–water partition coefficient (Wildman–Crippen LogP) is 3.79. The van der Waals surface area contributed by atoms with Crippen LogP contribution in [0.5, 0.6) is 0 Å². The molecule has 65 valence electrons.